The molecule has 0 spiro atoms. The molecule has 3 aromatic rings. The lowest BCUT2D eigenvalue weighted by Gasteiger charge is -2.28. The van der Waals surface area contributed by atoms with Gasteiger partial charge in [-0.15, -0.1) is 0 Å². The smallest absolute Gasteiger partial charge is 0.308 e. The zero-order valence-electron chi connectivity index (χ0n) is 21.4. The van der Waals surface area contributed by atoms with Gasteiger partial charge in [-0.25, -0.2) is 0 Å². The fraction of sp³-hybridized carbons (Fsp3) is 0.483. The van der Waals surface area contributed by atoms with Gasteiger partial charge in [-0.2, -0.15) is 0 Å². The van der Waals surface area contributed by atoms with Gasteiger partial charge in [0.2, 0.25) is 0 Å². The van der Waals surface area contributed by atoms with Crippen molar-refractivity contribution in [1.29, 1.82) is 0 Å². The number of aromatic nitrogens is 2. The molecule has 1 N–H and O–H groups in total. The summed E-state index contributed by atoms with van der Waals surface area (Å²) >= 11 is 6.39. The highest BCUT2D eigenvalue weighted by Gasteiger charge is 2.27. The predicted octanol–water partition coefficient (Wildman–Crippen LogP) is 5.44. The molecule has 1 saturated heterocycles. The lowest BCUT2D eigenvalue weighted by atomic mass is 9.82. The summed E-state index contributed by atoms with van der Waals surface area (Å²) in [5, 5.41) is 4.59. The van der Waals surface area contributed by atoms with Crippen molar-refractivity contribution in [2.45, 2.75) is 51.5 Å². The number of halogens is 1. The van der Waals surface area contributed by atoms with Crippen LogP contribution >= 0.6 is 11.6 Å². The zero-order valence-corrected chi connectivity index (χ0v) is 22.2. The predicted molar refractivity (Wildman–Crippen MR) is 146 cm³/mol. The van der Waals surface area contributed by atoms with Gasteiger partial charge in [0.1, 0.15) is 0 Å². The van der Waals surface area contributed by atoms with E-state index in [0.717, 1.165) is 55.4 Å². The standard InChI is InChI=1S/C29H35ClN4O3/c1-37-29(36)21-7-5-20(6-8-21)17-32-28(35)26-16-23(30)15-22-11-14-34(27(22)26)19-24-9-10-25(18-31-24)33-12-3-2-4-13-33/h9-11,14-16,18,20-21H,2-8,12-13,17,19H2,1H3,(H,32,35). The number of carbonyl (C=O) groups is 2. The second-order valence-electron chi connectivity index (χ2n) is 10.3. The third-order valence-corrected chi connectivity index (χ3v) is 8.08. The lowest BCUT2D eigenvalue weighted by Crippen LogP contribution is -2.33. The molecule has 2 aromatic heterocycles. The molecule has 0 atom stereocenters. The third-order valence-electron chi connectivity index (χ3n) is 7.87. The van der Waals surface area contributed by atoms with E-state index in [1.165, 1.54) is 32.1 Å². The molecule has 8 heteroatoms. The van der Waals surface area contributed by atoms with Gasteiger partial charge < -0.3 is 19.5 Å². The van der Waals surface area contributed by atoms with Crippen molar-refractivity contribution in [2.75, 3.05) is 31.6 Å². The Morgan fingerprint density at radius 1 is 1.08 bits per heavy atom. The highest BCUT2D eigenvalue weighted by molar-refractivity contribution is 6.32. The maximum atomic E-state index is 13.3. The summed E-state index contributed by atoms with van der Waals surface area (Å²) in [5.41, 5.74) is 3.55. The topological polar surface area (TPSA) is 76.5 Å². The van der Waals surface area contributed by atoms with Crippen LogP contribution in [0.4, 0.5) is 5.69 Å². The number of esters is 1. The van der Waals surface area contributed by atoms with E-state index in [-0.39, 0.29) is 17.8 Å². The molecule has 5 rings (SSSR count). The molecule has 7 nitrogen and oxygen atoms in total. The number of hydrogen-bond donors (Lipinski definition) is 1. The summed E-state index contributed by atoms with van der Waals surface area (Å²) in [4.78, 5) is 32.2. The van der Waals surface area contributed by atoms with Crippen LogP contribution in [0.5, 0.6) is 0 Å². The number of benzene rings is 1. The first-order valence-corrected chi connectivity index (χ1v) is 13.7. The molecule has 1 saturated carbocycles. The number of hydrogen-bond acceptors (Lipinski definition) is 5. The van der Waals surface area contributed by atoms with Crippen molar-refractivity contribution in [1.82, 2.24) is 14.9 Å². The quantitative estimate of drug-likeness (QED) is 0.418. The number of methoxy groups -OCH3 is 1. The highest BCUT2D eigenvalue weighted by atomic mass is 35.5. The van der Waals surface area contributed by atoms with E-state index in [9.17, 15) is 9.59 Å². The van der Waals surface area contributed by atoms with Crippen molar-refractivity contribution in [3.63, 3.8) is 0 Å². The van der Waals surface area contributed by atoms with Crippen LogP contribution in [0.1, 0.15) is 61.0 Å². The van der Waals surface area contributed by atoms with Crippen molar-refractivity contribution in [3.8, 4) is 0 Å². The number of fused-ring (bicyclic) bond motifs is 1. The molecule has 1 aliphatic heterocycles. The van der Waals surface area contributed by atoms with Gasteiger partial charge in [-0.05, 0) is 81.2 Å². The van der Waals surface area contributed by atoms with Gasteiger partial charge in [0.05, 0.1) is 48.2 Å². The number of piperidine rings is 1. The molecule has 37 heavy (non-hydrogen) atoms. The minimum Gasteiger partial charge on any atom is -0.469 e. The molecule has 0 radical (unpaired) electrons. The summed E-state index contributed by atoms with van der Waals surface area (Å²) in [6.07, 6.45) is 11.2. The first kappa shape index (κ1) is 25.6. The Balaban J connectivity index is 1.27. The summed E-state index contributed by atoms with van der Waals surface area (Å²) in [6, 6.07) is 9.87. The normalized spacial score (nSPS) is 20.1. The van der Waals surface area contributed by atoms with Gasteiger partial charge >= 0.3 is 5.97 Å². The molecule has 3 heterocycles. The van der Waals surface area contributed by atoms with Crippen LogP contribution < -0.4 is 10.2 Å². The molecule has 1 amide bonds. The average Bonchev–Trinajstić information content (AvgIpc) is 3.34. The molecule has 1 aromatic carbocycles. The number of rotatable bonds is 7. The van der Waals surface area contributed by atoms with E-state index in [4.69, 9.17) is 21.3 Å². The summed E-state index contributed by atoms with van der Waals surface area (Å²) < 4.78 is 6.96. The number of anilines is 1. The number of nitrogens with zero attached hydrogens (tertiary/aromatic N) is 3. The molecule has 1 aliphatic carbocycles. The molecular weight excluding hydrogens is 488 g/mol. The molecule has 0 unspecified atom stereocenters. The number of amides is 1. The first-order valence-electron chi connectivity index (χ1n) is 13.4. The summed E-state index contributed by atoms with van der Waals surface area (Å²) in [5.74, 6) is 0.0837. The van der Waals surface area contributed by atoms with Gasteiger partial charge in [0.15, 0.2) is 0 Å². The van der Waals surface area contributed by atoms with Crippen LogP contribution in [0.15, 0.2) is 42.7 Å². The van der Waals surface area contributed by atoms with Gasteiger partial charge in [0, 0.05) is 36.2 Å². The second-order valence-corrected chi connectivity index (χ2v) is 10.8. The Hall–Kier alpha value is -3.06. The maximum Gasteiger partial charge on any atom is 0.308 e. The van der Waals surface area contributed by atoms with Crippen molar-refractivity contribution in [3.05, 3.63) is 59.0 Å². The number of nitrogens with one attached hydrogen (secondary N) is 1. The Bertz CT molecular complexity index is 1240. The number of carbonyl (C=O) groups excluding carboxylic acids is 2. The summed E-state index contributed by atoms with van der Waals surface area (Å²) in [6.45, 7) is 3.34. The Morgan fingerprint density at radius 2 is 1.86 bits per heavy atom. The second kappa shape index (κ2) is 11.5. The zero-order chi connectivity index (χ0) is 25.8. The minimum absolute atomic E-state index is 0.0182. The third kappa shape index (κ3) is 5.93. The fourth-order valence-electron chi connectivity index (χ4n) is 5.74. The van der Waals surface area contributed by atoms with Crippen LogP contribution in [-0.4, -0.2) is 48.2 Å². The van der Waals surface area contributed by atoms with E-state index in [0.29, 0.717) is 29.6 Å². The minimum atomic E-state index is -0.129. The largest absolute Gasteiger partial charge is 0.469 e. The first-order chi connectivity index (χ1) is 18.0. The number of ether oxygens (including phenoxy) is 1. The van der Waals surface area contributed by atoms with E-state index in [1.807, 2.05) is 24.5 Å². The van der Waals surface area contributed by atoms with Crippen LogP contribution in [-0.2, 0) is 16.1 Å². The van der Waals surface area contributed by atoms with Crippen molar-refractivity contribution in [2.24, 2.45) is 11.8 Å². The van der Waals surface area contributed by atoms with Gasteiger partial charge in [-0.3, -0.25) is 14.6 Å². The van der Waals surface area contributed by atoms with Gasteiger partial charge in [-0.1, -0.05) is 11.6 Å². The van der Waals surface area contributed by atoms with E-state index < -0.39 is 0 Å². The van der Waals surface area contributed by atoms with Gasteiger partial charge in [0.25, 0.3) is 5.91 Å². The lowest BCUT2D eigenvalue weighted by molar-refractivity contribution is -0.146. The Labute approximate surface area is 223 Å². The molecular formula is C29H35ClN4O3. The Morgan fingerprint density at radius 3 is 2.57 bits per heavy atom. The van der Waals surface area contributed by atoms with Crippen LogP contribution in [0.3, 0.4) is 0 Å². The fourth-order valence-corrected chi connectivity index (χ4v) is 5.97. The maximum absolute atomic E-state index is 13.3. The van der Waals surface area contributed by atoms with Crippen molar-refractivity contribution >= 4 is 40.1 Å². The Kier molecular flexibility index (Phi) is 7.99. The van der Waals surface area contributed by atoms with E-state index >= 15 is 0 Å². The van der Waals surface area contributed by atoms with Crippen LogP contribution in [0.2, 0.25) is 5.02 Å². The van der Waals surface area contributed by atoms with Crippen LogP contribution in [0, 0.1) is 11.8 Å². The van der Waals surface area contributed by atoms with E-state index in [1.54, 1.807) is 6.07 Å². The molecule has 0 bridgehead atoms. The summed E-state index contributed by atoms with van der Waals surface area (Å²) in [7, 11) is 1.44. The average molecular weight is 523 g/mol. The molecule has 2 aliphatic rings. The highest BCUT2D eigenvalue weighted by Crippen LogP contribution is 2.30. The monoisotopic (exact) mass is 522 g/mol. The van der Waals surface area contributed by atoms with Crippen molar-refractivity contribution < 1.29 is 14.3 Å². The van der Waals surface area contributed by atoms with E-state index in [2.05, 4.69) is 26.9 Å². The van der Waals surface area contributed by atoms with Crippen LogP contribution in [0.25, 0.3) is 10.9 Å². The SMILES string of the molecule is COC(=O)C1CCC(CNC(=O)c2cc(Cl)cc3ccn(Cc4ccc(N5CCCCC5)cn4)c23)CC1. The molecule has 196 valence electrons. The number of pyridine rings is 1. The molecule has 2 fully saturated rings.